The van der Waals surface area contributed by atoms with E-state index in [0.29, 0.717) is 24.8 Å². The van der Waals surface area contributed by atoms with Gasteiger partial charge in [-0.2, -0.15) is 0 Å². The lowest BCUT2D eigenvalue weighted by molar-refractivity contribution is -0.117. The zero-order valence-corrected chi connectivity index (χ0v) is 11.6. The van der Waals surface area contributed by atoms with E-state index in [1.807, 2.05) is 0 Å². The number of anilines is 1. The van der Waals surface area contributed by atoms with Crippen LogP contribution in [0.15, 0.2) is 18.3 Å². The van der Waals surface area contributed by atoms with Gasteiger partial charge in [0.15, 0.2) is 0 Å². The molecule has 6 nitrogen and oxygen atoms in total. The van der Waals surface area contributed by atoms with Crippen LogP contribution < -0.4 is 15.8 Å². The Hall–Kier alpha value is -1.66. The Bertz CT molecular complexity index is 399. The minimum absolute atomic E-state index is 0.137. The van der Waals surface area contributed by atoms with E-state index in [1.165, 1.54) is 0 Å². The van der Waals surface area contributed by atoms with Crippen LogP contribution in [-0.4, -0.2) is 36.8 Å². The average Bonchev–Trinajstić information content (AvgIpc) is 2.29. The maximum absolute atomic E-state index is 11.7. The number of nitrogens with zero attached hydrogens (tertiary/aromatic N) is 1. The van der Waals surface area contributed by atoms with Gasteiger partial charge in [0.2, 0.25) is 11.8 Å². The molecule has 0 spiro atoms. The lowest BCUT2D eigenvalue weighted by atomic mass is 10.0. The van der Waals surface area contributed by atoms with Gasteiger partial charge in [-0.1, -0.05) is 0 Å². The van der Waals surface area contributed by atoms with Crippen LogP contribution in [0.3, 0.4) is 0 Å². The predicted octanol–water partition coefficient (Wildman–Crippen LogP) is 1.17. The summed E-state index contributed by atoms with van der Waals surface area (Å²) in [4.78, 5) is 15.7. The Kier molecular flexibility index (Phi) is 5.72. The van der Waals surface area contributed by atoms with E-state index < -0.39 is 5.54 Å². The van der Waals surface area contributed by atoms with Crippen LogP contribution in [0.2, 0.25) is 0 Å². The molecule has 19 heavy (non-hydrogen) atoms. The van der Waals surface area contributed by atoms with Crippen molar-refractivity contribution < 1.29 is 14.3 Å². The number of nitrogens with two attached hydrogens (primary N) is 1. The maximum atomic E-state index is 11.7. The lowest BCUT2D eigenvalue weighted by Crippen LogP contribution is -2.36. The highest BCUT2D eigenvalue weighted by molar-refractivity contribution is 5.91. The van der Waals surface area contributed by atoms with Crippen LogP contribution in [0.1, 0.15) is 20.3 Å². The number of carbonyl (C=O) groups is 1. The van der Waals surface area contributed by atoms with Crippen LogP contribution >= 0.6 is 0 Å². The van der Waals surface area contributed by atoms with Gasteiger partial charge in [0.05, 0.1) is 18.5 Å². The molecule has 0 aromatic carbocycles. The van der Waals surface area contributed by atoms with Crippen molar-refractivity contribution >= 4 is 11.6 Å². The number of methoxy groups -OCH3 is 1. The molecule has 0 saturated heterocycles. The van der Waals surface area contributed by atoms with Gasteiger partial charge in [-0.15, -0.1) is 0 Å². The molecule has 0 atom stereocenters. The first-order chi connectivity index (χ1) is 8.90. The summed E-state index contributed by atoms with van der Waals surface area (Å²) in [6.45, 7) is 4.55. The van der Waals surface area contributed by atoms with Crippen molar-refractivity contribution in [3.63, 3.8) is 0 Å². The first-order valence-corrected chi connectivity index (χ1v) is 6.07. The molecule has 0 unspecified atom stereocenters. The van der Waals surface area contributed by atoms with Crippen molar-refractivity contribution in [2.75, 3.05) is 25.6 Å². The Morgan fingerprint density at radius 3 is 2.68 bits per heavy atom. The van der Waals surface area contributed by atoms with Crippen LogP contribution in [0, 0.1) is 0 Å². The molecule has 0 radical (unpaired) electrons. The number of hydrogen-bond acceptors (Lipinski definition) is 5. The Balaban J connectivity index is 2.45. The van der Waals surface area contributed by atoms with Gasteiger partial charge in [0, 0.05) is 25.1 Å². The van der Waals surface area contributed by atoms with Gasteiger partial charge in [-0.25, -0.2) is 4.98 Å². The fourth-order valence-corrected chi connectivity index (χ4v) is 1.39. The molecule has 106 valence electrons. The summed E-state index contributed by atoms with van der Waals surface area (Å²) in [5, 5.41) is 2.73. The number of rotatable bonds is 7. The number of carbonyl (C=O) groups excluding carboxylic acids is 1. The molecule has 1 heterocycles. The molecule has 0 aliphatic carbocycles. The van der Waals surface area contributed by atoms with E-state index >= 15 is 0 Å². The third kappa shape index (κ3) is 6.73. The van der Waals surface area contributed by atoms with E-state index in [4.69, 9.17) is 15.2 Å². The largest absolute Gasteiger partial charge is 0.475 e. The maximum Gasteiger partial charge on any atom is 0.226 e. The number of pyridine rings is 1. The fraction of sp³-hybridized carbons (Fsp3) is 0.538. The zero-order valence-electron chi connectivity index (χ0n) is 11.6. The summed E-state index contributed by atoms with van der Waals surface area (Å²) in [6, 6.07) is 3.43. The second kappa shape index (κ2) is 7.06. The van der Waals surface area contributed by atoms with Gasteiger partial charge >= 0.3 is 0 Å². The monoisotopic (exact) mass is 267 g/mol. The third-order valence-corrected chi connectivity index (χ3v) is 2.17. The van der Waals surface area contributed by atoms with Crippen LogP contribution in [0.5, 0.6) is 5.88 Å². The molecular formula is C13H21N3O3. The zero-order chi connectivity index (χ0) is 14.3. The third-order valence-electron chi connectivity index (χ3n) is 2.17. The van der Waals surface area contributed by atoms with Crippen LogP contribution in [-0.2, 0) is 9.53 Å². The quantitative estimate of drug-likeness (QED) is 0.724. The molecule has 0 saturated carbocycles. The Labute approximate surface area is 113 Å². The van der Waals surface area contributed by atoms with Crippen LogP contribution in [0.25, 0.3) is 0 Å². The number of ether oxygens (including phenoxy) is 2. The van der Waals surface area contributed by atoms with Crippen molar-refractivity contribution in [1.82, 2.24) is 4.98 Å². The highest BCUT2D eigenvalue weighted by Crippen LogP contribution is 2.13. The van der Waals surface area contributed by atoms with E-state index in [1.54, 1.807) is 39.3 Å². The summed E-state index contributed by atoms with van der Waals surface area (Å²) in [6.07, 6.45) is 1.79. The van der Waals surface area contributed by atoms with Gasteiger partial charge in [-0.05, 0) is 19.9 Å². The first kappa shape index (κ1) is 15.4. The summed E-state index contributed by atoms with van der Waals surface area (Å²) < 4.78 is 10.2. The van der Waals surface area contributed by atoms with Crippen LogP contribution in [0.4, 0.5) is 5.69 Å². The van der Waals surface area contributed by atoms with E-state index in [9.17, 15) is 4.79 Å². The molecular weight excluding hydrogens is 246 g/mol. The molecule has 1 amide bonds. The Morgan fingerprint density at radius 2 is 2.16 bits per heavy atom. The topological polar surface area (TPSA) is 86.5 Å². The average molecular weight is 267 g/mol. The number of hydrogen-bond donors (Lipinski definition) is 2. The SMILES string of the molecule is COCCOc1ccc(NC(=O)CC(C)(C)N)cn1. The first-order valence-electron chi connectivity index (χ1n) is 6.07. The number of nitrogens with one attached hydrogen (secondary N) is 1. The number of amides is 1. The fourth-order valence-electron chi connectivity index (χ4n) is 1.39. The highest BCUT2D eigenvalue weighted by atomic mass is 16.5. The molecule has 0 fully saturated rings. The van der Waals surface area contributed by atoms with Gasteiger partial charge < -0.3 is 20.5 Å². The second-order valence-corrected chi connectivity index (χ2v) is 4.94. The van der Waals surface area contributed by atoms with Crippen molar-refractivity contribution in [3.8, 4) is 5.88 Å². The predicted molar refractivity (Wildman–Crippen MR) is 73.1 cm³/mol. The second-order valence-electron chi connectivity index (χ2n) is 4.94. The summed E-state index contributed by atoms with van der Waals surface area (Å²) in [5.74, 6) is 0.358. The van der Waals surface area contributed by atoms with Gasteiger partial charge in [0.1, 0.15) is 6.61 Å². The standard InChI is InChI=1S/C13H21N3O3/c1-13(2,14)8-11(17)16-10-4-5-12(15-9-10)19-7-6-18-3/h4-5,9H,6-8,14H2,1-3H3,(H,16,17). The van der Waals surface area contributed by atoms with E-state index in [0.717, 1.165) is 0 Å². The summed E-state index contributed by atoms with van der Waals surface area (Å²) >= 11 is 0. The smallest absolute Gasteiger partial charge is 0.226 e. The molecule has 1 aromatic rings. The van der Waals surface area contributed by atoms with E-state index in [-0.39, 0.29) is 12.3 Å². The molecule has 0 aliphatic rings. The molecule has 0 bridgehead atoms. The molecule has 6 heteroatoms. The lowest BCUT2D eigenvalue weighted by Gasteiger charge is -2.17. The van der Waals surface area contributed by atoms with Crippen molar-refractivity contribution in [2.45, 2.75) is 25.8 Å². The minimum Gasteiger partial charge on any atom is -0.475 e. The Morgan fingerprint density at radius 1 is 1.42 bits per heavy atom. The minimum atomic E-state index is -0.527. The van der Waals surface area contributed by atoms with Gasteiger partial charge in [0.25, 0.3) is 0 Å². The summed E-state index contributed by atoms with van der Waals surface area (Å²) in [7, 11) is 1.61. The molecule has 0 aliphatic heterocycles. The van der Waals surface area contributed by atoms with E-state index in [2.05, 4.69) is 10.3 Å². The van der Waals surface area contributed by atoms with Crippen molar-refractivity contribution in [2.24, 2.45) is 5.73 Å². The van der Waals surface area contributed by atoms with Crippen molar-refractivity contribution in [1.29, 1.82) is 0 Å². The summed E-state index contributed by atoms with van der Waals surface area (Å²) in [5.41, 5.74) is 5.87. The molecule has 1 rings (SSSR count). The van der Waals surface area contributed by atoms with Crippen molar-refractivity contribution in [3.05, 3.63) is 18.3 Å². The molecule has 1 aromatic heterocycles. The highest BCUT2D eigenvalue weighted by Gasteiger charge is 2.16. The normalized spacial score (nSPS) is 11.2. The number of aromatic nitrogens is 1. The molecule has 3 N–H and O–H groups in total. The van der Waals surface area contributed by atoms with Gasteiger partial charge in [-0.3, -0.25) is 4.79 Å².